The Morgan fingerprint density at radius 3 is 2.64 bits per heavy atom. The number of hydrazine groups is 1. The van der Waals surface area contributed by atoms with E-state index in [0.29, 0.717) is 13.0 Å². The average Bonchev–Trinajstić information content (AvgIpc) is 3.12. The maximum atomic E-state index is 13.3. The van der Waals surface area contributed by atoms with E-state index in [-0.39, 0.29) is 30.0 Å². The molecule has 6 nitrogen and oxygen atoms in total. The molecule has 0 aromatic heterocycles. The van der Waals surface area contributed by atoms with E-state index < -0.39 is 11.9 Å². The van der Waals surface area contributed by atoms with Crippen LogP contribution in [0.2, 0.25) is 0 Å². The third-order valence-corrected chi connectivity index (χ3v) is 5.64. The molecule has 148 valence electrons. The highest BCUT2D eigenvalue weighted by atomic mass is 19.1. The van der Waals surface area contributed by atoms with E-state index in [4.69, 9.17) is 4.74 Å². The van der Waals surface area contributed by atoms with E-state index in [1.165, 1.54) is 12.1 Å². The van der Waals surface area contributed by atoms with Crippen molar-refractivity contribution in [2.75, 3.05) is 6.61 Å². The highest BCUT2D eigenvalue weighted by molar-refractivity contribution is 5.71. The van der Waals surface area contributed by atoms with E-state index in [0.717, 1.165) is 16.9 Å². The largest absolute Gasteiger partial charge is 0.494 e. The number of piperidine rings is 1. The summed E-state index contributed by atoms with van der Waals surface area (Å²) < 4.78 is 19.0. The summed E-state index contributed by atoms with van der Waals surface area (Å²) >= 11 is 0. The first-order valence-electron chi connectivity index (χ1n) is 9.55. The minimum atomic E-state index is -0.826. The Morgan fingerprint density at radius 2 is 1.93 bits per heavy atom. The van der Waals surface area contributed by atoms with Crippen molar-refractivity contribution in [3.05, 3.63) is 65.5 Å². The predicted octanol–water partition coefficient (Wildman–Crippen LogP) is 2.75. The maximum Gasteiger partial charge on any atom is 0.307 e. The quantitative estimate of drug-likeness (QED) is 0.634. The lowest BCUT2D eigenvalue weighted by Crippen LogP contribution is -2.53. The standard InChI is InChI=1S/C21H24FN3O3/c1-2-28-17-6-4-3-5-14(17)16-11-15(21(26)27)18-19(24-25-20(18)23-16)12-7-9-13(22)10-8-12/h3-10,15-16,18-20,23-25H,2,11H2,1H3,(H,26,27). The summed E-state index contributed by atoms with van der Waals surface area (Å²) in [6.45, 7) is 2.47. The molecule has 2 fully saturated rings. The Labute approximate surface area is 163 Å². The van der Waals surface area contributed by atoms with Crippen molar-refractivity contribution in [3.63, 3.8) is 0 Å². The molecular formula is C21H24FN3O3. The molecule has 28 heavy (non-hydrogen) atoms. The maximum absolute atomic E-state index is 13.3. The van der Waals surface area contributed by atoms with Crippen molar-refractivity contribution < 1.29 is 19.0 Å². The van der Waals surface area contributed by atoms with Crippen LogP contribution in [-0.4, -0.2) is 23.8 Å². The summed E-state index contributed by atoms with van der Waals surface area (Å²) in [6, 6.07) is 13.6. The number of fused-ring (bicyclic) bond motifs is 1. The normalized spacial score (nSPS) is 29.3. The van der Waals surface area contributed by atoms with Gasteiger partial charge in [-0.15, -0.1) is 0 Å². The summed E-state index contributed by atoms with van der Waals surface area (Å²) in [5.41, 5.74) is 8.22. The van der Waals surface area contributed by atoms with Crippen molar-refractivity contribution in [2.45, 2.75) is 31.6 Å². The van der Waals surface area contributed by atoms with E-state index in [1.54, 1.807) is 12.1 Å². The second-order valence-corrected chi connectivity index (χ2v) is 7.24. The van der Waals surface area contributed by atoms with E-state index in [9.17, 15) is 14.3 Å². The number of carboxylic acids is 1. The van der Waals surface area contributed by atoms with Crippen LogP contribution in [0, 0.1) is 17.7 Å². The predicted molar refractivity (Wildman–Crippen MR) is 102 cm³/mol. The summed E-state index contributed by atoms with van der Waals surface area (Å²) in [6.07, 6.45) is 0.214. The topological polar surface area (TPSA) is 82.6 Å². The molecule has 2 saturated heterocycles. The van der Waals surface area contributed by atoms with Gasteiger partial charge in [0.05, 0.1) is 24.7 Å². The first-order valence-corrected chi connectivity index (χ1v) is 9.55. The van der Waals surface area contributed by atoms with Crippen LogP contribution >= 0.6 is 0 Å². The van der Waals surface area contributed by atoms with Crippen molar-refractivity contribution in [1.82, 2.24) is 16.2 Å². The first-order chi connectivity index (χ1) is 13.6. The third-order valence-electron chi connectivity index (χ3n) is 5.64. The van der Waals surface area contributed by atoms with Gasteiger partial charge in [0.2, 0.25) is 0 Å². The zero-order valence-corrected chi connectivity index (χ0v) is 15.6. The molecule has 0 amide bonds. The van der Waals surface area contributed by atoms with E-state index in [1.807, 2.05) is 31.2 Å². The number of rotatable bonds is 5. The SMILES string of the molecule is CCOc1ccccc1C1CC(C(=O)O)C2C(NNC2c2ccc(F)cc2)N1. The van der Waals surface area contributed by atoms with Gasteiger partial charge in [-0.2, -0.15) is 0 Å². The van der Waals surface area contributed by atoms with Crippen LogP contribution in [0.5, 0.6) is 5.75 Å². The number of hydrogen-bond acceptors (Lipinski definition) is 5. The minimum absolute atomic E-state index is 0.147. The molecule has 0 bridgehead atoms. The molecule has 0 aliphatic carbocycles. The van der Waals surface area contributed by atoms with Crippen LogP contribution in [0.15, 0.2) is 48.5 Å². The van der Waals surface area contributed by atoms with Gasteiger partial charge in [0.1, 0.15) is 11.6 Å². The Balaban J connectivity index is 1.63. The molecule has 4 rings (SSSR count). The molecule has 2 aliphatic rings. The van der Waals surface area contributed by atoms with Crippen LogP contribution in [0.3, 0.4) is 0 Å². The van der Waals surface area contributed by atoms with Gasteiger partial charge in [0.15, 0.2) is 0 Å². The molecule has 7 heteroatoms. The lowest BCUT2D eigenvalue weighted by atomic mass is 9.74. The molecule has 2 aromatic carbocycles. The van der Waals surface area contributed by atoms with Crippen LogP contribution in [0.1, 0.15) is 36.6 Å². The molecule has 0 saturated carbocycles. The van der Waals surface area contributed by atoms with Gasteiger partial charge < -0.3 is 9.84 Å². The Bertz CT molecular complexity index is 845. The molecule has 2 aromatic rings. The fraction of sp³-hybridized carbons (Fsp3) is 0.381. The number of halogens is 1. The van der Waals surface area contributed by atoms with Gasteiger partial charge in [0.25, 0.3) is 0 Å². The third kappa shape index (κ3) is 3.48. The van der Waals surface area contributed by atoms with Crippen LogP contribution < -0.4 is 20.9 Å². The Morgan fingerprint density at radius 1 is 1.18 bits per heavy atom. The minimum Gasteiger partial charge on any atom is -0.494 e. The number of ether oxygens (including phenoxy) is 1. The molecule has 5 atom stereocenters. The fourth-order valence-corrected chi connectivity index (χ4v) is 4.39. The number of aliphatic carboxylic acids is 1. The summed E-state index contributed by atoms with van der Waals surface area (Å²) in [4.78, 5) is 12.1. The number of carboxylic acid groups (broad SMARTS) is 1. The van der Waals surface area contributed by atoms with E-state index >= 15 is 0 Å². The summed E-state index contributed by atoms with van der Waals surface area (Å²) in [5, 5.41) is 13.5. The number of hydrogen-bond donors (Lipinski definition) is 4. The van der Waals surface area contributed by atoms with Gasteiger partial charge in [-0.1, -0.05) is 30.3 Å². The molecular weight excluding hydrogens is 361 g/mol. The van der Waals surface area contributed by atoms with Crippen molar-refractivity contribution in [3.8, 4) is 5.75 Å². The Kier molecular flexibility index (Phi) is 5.30. The molecule has 5 unspecified atom stereocenters. The highest BCUT2D eigenvalue weighted by Gasteiger charge is 2.49. The van der Waals surface area contributed by atoms with Crippen molar-refractivity contribution in [2.24, 2.45) is 11.8 Å². The van der Waals surface area contributed by atoms with Crippen LogP contribution in [-0.2, 0) is 4.79 Å². The monoisotopic (exact) mass is 385 g/mol. The highest BCUT2D eigenvalue weighted by Crippen LogP contribution is 2.43. The van der Waals surface area contributed by atoms with Crippen molar-refractivity contribution in [1.29, 1.82) is 0 Å². The van der Waals surface area contributed by atoms with Gasteiger partial charge in [-0.05, 0) is 37.1 Å². The number of para-hydroxylation sites is 1. The summed E-state index contributed by atoms with van der Waals surface area (Å²) in [7, 11) is 0. The smallest absolute Gasteiger partial charge is 0.307 e. The van der Waals surface area contributed by atoms with Gasteiger partial charge in [-0.3, -0.25) is 10.1 Å². The Hall–Kier alpha value is -2.48. The molecule has 2 aliphatic heterocycles. The lowest BCUT2D eigenvalue weighted by molar-refractivity contribution is -0.146. The van der Waals surface area contributed by atoms with Gasteiger partial charge in [-0.25, -0.2) is 15.2 Å². The van der Waals surface area contributed by atoms with Crippen LogP contribution in [0.25, 0.3) is 0 Å². The number of nitrogens with one attached hydrogen (secondary N) is 3. The van der Waals surface area contributed by atoms with E-state index in [2.05, 4.69) is 16.2 Å². The molecule has 4 N–H and O–H groups in total. The first kappa shape index (κ1) is 18.9. The second-order valence-electron chi connectivity index (χ2n) is 7.24. The van der Waals surface area contributed by atoms with Gasteiger partial charge in [0, 0.05) is 17.5 Å². The second kappa shape index (κ2) is 7.87. The zero-order valence-electron chi connectivity index (χ0n) is 15.6. The lowest BCUT2D eigenvalue weighted by Gasteiger charge is -2.39. The summed E-state index contributed by atoms with van der Waals surface area (Å²) in [5.74, 6) is -1.14. The average molecular weight is 385 g/mol. The number of benzene rings is 2. The molecule has 0 spiro atoms. The molecule has 2 heterocycles. The molecule has 0 radical (unpaired) electrons. The number of carbonyl (C=O) groups is 1. The van der Waals surface area contributed by atoms with Gasteiger partial charge >= 0.3 is 5.97 Å². The van der Waals surface area contributed by atoms with Crippen molar-refractivity contribution >= 4 is 5.97 Å². The van der Waals surface area contributed by atoms with Crippen LogP contribution in [0.4, 0.5) is 4.39 Å². The fourth-order valence-electron chi connectivity index (χ4n) is 4.39. The zero-order chi connectivity index (χ0) is 19.7.